The third kappa shape index (κ3) is 5.23. The van der Waals surface area contributed by atoms with E-state index in [9.17, 15) is 13.2 Å². The monoisotopic (exact) mass is 446 g/mol. The number of sulfonamides is 1. The number of amides is 1. The molecule has 0 heterocycles. The van der Waals surface area contributed by atoms with Gasteiger partial charge in [0.05, 0.1) is 18.5 Å². The maximum atomic E-state index is 12.6. The lowest BCUT2D eigenvalue weighted by Gasteiger charge is -2.28. The SMILES string of the molecule is CC(C(=O)NCCOc1cccc2ccccc12)N(c1cccc(Cl)c1)S(C)(=O)=O. The van der Waals surface area contributed by atoms with Gasteiger partial charge in [-0.15, -0.1) is 0 Å². The molecule has 0 aromatic heterocycles. The molecule has 1 amide bonds. The number of hydrogen-bond acceptors (Lipinski definition) is 4. The number of carbonyl (C=O) groups is 1. The molecule has 3 aromatic rings. The van der Waals surface area contributed by atoms with Crippen molar-refractivity contribution in [1.29, 1.82) is 0 Å². The molecule has 1 atom stereocenters. The van der Waals surface area contributed by atoms with Gasteiger partial charge < -0.3 is 10.1 Å². The molecular weight excluding hydrogens is 424 g/mol. The largest absolute Gasteiger partial charge is 0.491 e. The molecular formula is C22H23ClN2O4S. The summed E-state index contributed by atoms with van der Waals surface area (Å²) in [4.78, 5) is 12.6. The maximum absolute atomic E-state index is 12.6. The van der Waals surface area contributed by atoms with Crippen LogP contribution in [-0.2, 0) is 14.8 Å². The quantitative estimate of drug-likeness (QED) is 0.533. The third-order valence-electron chi connectivity index (χ3n) is 4.56. The van der Waals surface area contributed by atoms with Crippen molar-refractivity contribution >= 4 is 44.0 Å². The summed E-state index contributed by atoms with van der Waals surface area (Å²) in [6.45, 7) is 2.02. The van der Waals surface area contributed by atoms with E-state index in [2.05, 4.69) is 5.32 Å². The molecule has 0 fully saturated rings. The van der Waals surface area contributed by atoms with Crippen LogP contribution in [0.2, 0.25) is 5.02 Å². The van der Waals surface area contributed by atoms with E-state index in [4.69, 9.17) is 16.3 Å². The highest BCUT2D eigenvalue weighted by Gasteiger charge is 2.29. The first-order chi connectivity index (χ1) is 14.3. The van der Waals surface area contributed by atoms with E-state index in [0.717, 1.165) is 27.1 Å². The normalized spacial score (nSPS) is 12.4. The van der Waals surface area contributed by atoms with Crippen molar-refractivity contribution < 1.29 is 17.9 Å². The molecule has 3 rings (SSSR count). The van der Waals surface area contributed by atoms with Gasteiger partial charge in [0.1, 0.15) is 18.4 Å². The minimum Gasteiger partial charge on any atom is -0.491 e. The highest BCUT2D eigenvalue weighted by Crippen LogP contribution is 2.25. The molecule has 1 unspecified atom stereocenters. The van der Waals surface area contributed by atoms with Crippen LogP contribution < -0.4 is 14.4 Å². The standard InChI is InChI=1S/C22H23ClN2O4S/c1-16(25(30(2,27)28)19-10-6-9-18(23)15-19)22(26)24-13-14-29-21-12-5-8-17-7-3-4-11-20(17)21/h3-12,15-16H,13-14H2,1-2H3,(H,24,26). The van der Waals surface area contributed by atoms with Crippen molar-refractivity contribution in [3.63, 3.8) is 0 Å². The number of nitrogens with one attached hydrogen (secondary N) is 1. The topological polar surface area (TPSA) is 75.7 Å². The minimum absolute atomic E-state index is 0.236. The van der Waals surface area contributed by atoms with Crippen molar-refractivity contribution in [1.82, 2.24) is 5.32 Å². The Bertz CT molecular complexity index is 1150. The predicted octanol–water partition coefficient (Wildman–Crippen LogP) is 3.84. The molecule has 0 bridgehead atoms. The number of nitrogens with zero attached hydrogens (tertiary/aromatic N) is 1. The number of halogens is 1. The Labute approximate surface area is 181 Å². The number of ether oxygens (including phenoxy) is 1. The van der Waals surface area contributed by atoms with E-state index < -0.39 is 22.0 Å². The lowest BCUT2D eigenvalue weighted by atomic mass is 10.1. The van der Waals surface area contributed by atoms with Gasteiger partial charge in [-0.3, -0.25) is 9.10 Å². The first kappa shape index (κ1) is 21.9. The van der Waals surface area contributed by atoms with Crippen LogP contribution in [0.15, 0.2) is 66.7 Å². The van der Waals surface area contributed by atoms with Gasteiger partial charge >= 0.3 is 0 Å². The van der Waals surface area contributed by atoms with Crippen LogP contribution in [0.3, 0.4) is 0 Å². The van der Waals surface area contributed by atoms with Gasteiger partial charge in [0, 0.05) is 10.4 Å². The molecule has 8 heteroatoms. The lowest BCUT2D eigenvalue weighted by Crippen LogP contribution is -2.48. The van der Waals surface area contributed by atoms with Crippen molar-refractivity contribution in [2.75, 3.05) is 23.7 Å². The first-order valence-corrected chi connectivity index (χ1v) is 11.6. The van der Waals surface area contributed by atoms with Crippen LogP contribution in [0.1, 0.15) is 6.92 Å². The lowest BCUT2D eigenvalue weighted by molar-refractivity contribution is -0.121. The summed E-state index contributed by atoms with van der Waals surface area (Å²) in [5.74, 6) is 0.300. The molecule has 158 valence electrons. The van der Waals surface area contributed by atoms with Crippen LogP contribution in [0.5, 0.6) is 5.75 Å². The van der Waals surface area contributed by atoms with Crippen LogP contribution in [0, 0.1) is 0 Å². The Morgan fingerprint density at radius 3 is 2.53 bits per heavy atom. The van der Waals surface area contributed by atoms with Crippen molar-refractivity contribution in [3.8, 4) is 5.75 Å². The van der Waals surface area contributed by atoms with Crippen molar-refractivity contribution in [2.45, 2.75) is 13.0 Å². The number of anilines is 1. The van der Waals surface area contributed by atoms with Crippen LogP contribution in [-0.4, -0.2) is 39.8 Å². The van der Waals surface area contributed by atoms with Gasteiger partial charge in [0.25, 0.3) is 0 Å². The number of rotatable bonds is 8. The second-order valence-electron chi connectivity index (χ2n) is 6.83. The number of fused-ring (bicyclic) bond motifs is 1. The zero-order chi connectivity index (χ0) is 21.7. The smallest absolute Gasteiger partial charge is 0.243 e. The molecule has 0 aliphatic rings. The molecule has 0 saturated carbocycles. The third-order valence-corrected chi connectivity index (χ3v) is 6.04. The maximum Gasteiger partial charge on any atom is 0.243 e. The molecule has 6 nitrogen and oxygen atoms in total. The summed E-state index contributed by atoms with van der Waals surface area (Å²) < 4.78 is 31.5. The van der Waals surface area contributed by atoms with Gasteiger partial charge in [-0.2, -0.15) is 0 Å². The van der Waals surface area contributed by atoms with E-state index in [-0.39, 0.29) is 13.2 Å². The van der Waals surface area contributed by atoms with E-state index >= 15 is 0 Å². The van der Waals surface area contributed by atoms with E-state index in [1.54, 1.807) is 18.2 Å². The zero-order valence-corrected chi connectivity index (χ0v) is 18.3. The Balaban J connectivity index is 1.63. The van der Waals surface area contributed by atoms with E-state index in [0.29, 0.717) is 10.7 Å². The summed E-state index contributed by atoms with van der Waals surface area (Å²) in [7, 11) is -3.69. The summed E-state index contributed by atoms with van der Waals surface area (Å²) in [6, 6.07) is 19.1. The highest BCUT2D eigenvalue weighted by molar-refractivity contribution is 7.92. The van der Waals surface area contributed by atoms with Gasteiger partial charge in [-0.05, 0) is 36.6 Å². The van der Waals surface area contributed by atoms with Crippen molar-refractivity contribution in [3.05, 3.63) is 71.8 Å². The Hall–Kier alpha value is -2.77. The molecule has 30 heavy (non-hydrogen) atoms. The molecule has 0 spiro atoms. The molecule has 1 N–H and O–H groups in total. The minimum atomic E-state index is -3.69. The summed E-state index contributed by atoms with van der Waals surface area (Å²) in [6.07, 6.45) is 1.06. The molecule has 0 aliphatic heterocycles. The van der Waals surface area contributed by atoms with Crippen LogP contribution >= 0.6 is 11.6 Å². The molecule has 0 aliphatic carbocycles. The molecule has 0 radical (unpaired) electrons. The zero-order valence-electron chi connectivity index (χ0n) is 16.7. The fraction of sp³-hybridized carbons (Fsp3) is 0.227. The van der Waals surface area contributed by atoms with E-state index in [1.807, 2.05) is 42.5 Å². The summed E-state index contributed by atoms with van der Waals surface area (Å²) in [5.41, 5.74) is 0.333. The fourth-order valence-electron chi connectivity index (χ4n) is 3.23. The molecule has 0 saturated heterocycles. The average molecular weight is 447 g/mol. The second-order valence-corrected chi connectivity index (χ2v) is 9.13. The van der Waals surface area contributed by atoms with Gasteiger partial charge in [-0.25, -0.2) is 8.42 Å². The van der Waals surface area contributed by atoms with Crippen LogP contribution in [0.4, 0.5) is 5.69 Å². The number of benzene rings is 3. The first-order valence-electron chi connectivity index (χ1n) is 9.40. The number of carbonyl (C=O) groups excluding carboxylic acids is 1. The van der Waals surface area contributed by atoms with Crippen LogP contribution in [0.25, 0.3) is 10.8 Å². The Kier molecular flexibility index (Phi) is 6.84. The predicted molar refractivity (Wildman–Crippen MR) is 121 cm³/mol. The number of hydrogen-bond donors (Lipinski definition) is 1. The Morgan fingerprint density at radius 1 is 1.10 bits per heavy atom. The molecule has 3 aromatic carbocycles. The highest BCUT2D eigenvalue weighted by atomic mass is 35.5. The summed E-state index contributed by atoms with van der Waals surface area (Å²) >= 11 is 5.99. The van der Waals surface area contributed by atoms with E-state index in [1.165, 1.54) is 13.0 Å². The van der Waals surface area contributed by atoms with Gasteiger partial charge in [0.2, 0.25) is 15.9 Å². The van der Waals surface area contributed by atoms with Crippen molar-refractivity contribution in [2.24, 2.45) is 0 Å². The van der Waals surface area contributed by atoms with Gasteiger partial charge in [-0.1, -0.05) is 54.1 Å². The second kappa shape index (κ2) is 9.36. The van der Waals surface area contributed by atoms with Gasteiger partial charge in [0.15, 0.2) is 0 Å². The summed E-state index contributed by atoms with van der Waals surface area (Å²) in [5, 5.41) is 5.18. The fourth-order valence-corrected chi connectivity index (χ4v) is 4.58. The average Bonchev–Trinajstić information content (AvgIpc) is 2.70. The Morgan fingerprint density at radius 2 is 1.80 bits per heavy atom.